The van der Waals surface area contributed by atoms with Crippen molar-refractivity contribution in [2.24, 2.45) is 0 Å². The van der Waals surface area contributed by atoms with Gasteiger partial charge in [-0.1, -0.05) is 19.8 Å². The highest BCUT2D eigenvalue weighted by atomic mass is 16.6. The molecule has 0 radical (unpaired) electrons. The number of carbonyl (C=O) groups is 3. The second-order valence-electron chi connectivity index (χ2n) is 14.7. The number of likely N-dealkylation sites (N-methyl/N-ethyl adjacent to an activating group) is 1. The number of methoxy groups -OCH3 is 1. The van der Waals surface area contributed by atoms with E-state index in [-0.39, 0.29) is 36.1 Å². The van der Waals surface area contributed by atoms with Gasteiger partial charge in [-0.25, -0.2) is 9.78 Å². The van der Waals surface area contributed by atoms with Crippen LogP contribution in [0.2, 0.25) is 0 Å². The molecule has 52 heavy (non-hydrogen) atoms. The average molecular weight is 724 g/mol. The summed E-state index contributed by atoms with van der Waals surface area (Å²) in [6, 6.07) is 5.25. The molecule has 1 saturated heterocycles. The molecule has 2 N–H and O–H groups in total. The molecule has 1 saturated carbocycles. The maximum Gasteiger partial charge on any atom is 0.410 e. The molecule has 1 aromatic carbocycles. The summed E-state index contributed by atoms with van der Waals surface area (Å²) in [6.45, 7) is 11.0. The van der Waals surface area contributed by atoms with E-state index in [0.717, 1.165) is 57.2 Å². The number of amides is 3. The first kappa shape index (κ1) is 39.0. The van der Waals surface area contributed by atoms with Crippen LogP contribution in [0.4, 0.5) is 27.9 Å². The number of piperidine rings is 1. The van der Waals surface area contributed by atoms with Crippen LogP contribution in [0, 0.1) is 0 Å². The first-order chi connectivity index (χ1) is 25.0. The van der Waals surface area contributed by atoms with Crippen molar-refractivity contribution in [2.45, 2.75) is 109 Å². The van der Waals surface area contributed by atoms with Crippen LogP contribution >= 0.6 is 0 Å². The van der Waals surface area contributed by atoms with Gasteiger partial charge in [0.15, 0.2) is 5.82 Å². The van der Waals surface area contributed by atoms with Gasteiger partial charge in [0.2, 0.25) is 11.9 Å². The van der Waals surface area contributed by atoms with Crippen molar-refractivity contribution in [3.63, 3.8) is 0 Å². The lowest BCUT2D eigenvalue weighted by molar-refractivity contribution is -0.120. The number of aromatic nitrogens is 2. The third-order valence-electron chi connectivity index (χ3n) is 9.80. The van der Waals surface area contributed by atoms with E-state index in [1.807, 2.05) is 27.7 Å². The SMILES string of the molecule is CCC1C(=O)N(C)c2cnc(Nc3ccc(C(=O)NCCCCOCCOC4CCN(C(=O)OC(C)(C)C)CC4)cc3OC)nc2N1C1CCCC1. The molecule has 3 amide bonds. The van der Waals surface area contributed by atoms with E-state index < -0.39 is 5.60 Å². The summed E-state index contributed by atoms with van der Waals surface area (Å²) in [5, 5.41) is 6.25. The number of nitrogens with one attached hydrogen (secondary N) is 2. The minimum Gasteiger partial charge on any atom is -0.495 e. The van der Waals surface area contributed by atoms with Crippen molar-refractivity contribution in [3.05, 3.63) is 30.0 Å². The molecule has 5 rings (SSSR count). The fourth-order valence-electron chi connectivity index (χ4n) is 7.04. The molecule has 1 atom stereocenters. The van der Waals surface area contributed by atoms with E-state index in [0.29, 0.717) is 74.5 Å². The minimum atomic E-state index is -0.493. The van der Waals surface area contributed by atoms with Crippen LogP contribution in [0.25, 0.3) is 0 Å². The molecule has 0 bridgehead atoms. The minimum absolute atomic E-state index is 0.0723. The van der Waals surface area contributed by atoms with Crippen LogP contribution in [0.1, 0.15) is 95.8 Å². The van der Waals surface area contributed by atoms with Crippen molar-refractivity contribution in [1.82, 2.24) is 20.2 Å². The zero-order valence-electron chi connectivity index (χ0n) is 31.7. The van der Waals surface area contributed by atoms with Crippen LogP contribution in [0.15, 0.2) is 24.4 Å². The quantitative estimate of drug-likeness (QED) is 0.219. The van der Waals surface area contributed by atoms with Crippen molar-refractivity contribution >= 4 is 41.0 Å². The molecule has 1 aromatic heterocycles. The Morgan fingerprint density at radius 2 is 1.77 bits per heavy atom. The number of fused-ring (bicyclic) bond motifs is 1. The predicted molar refractivity (Wildman–Crippen MR) is 200 cm³/mol. The first-order valence-electron chi connectivity index (χ1n) is 18.8. The van der Waals surface area contributed by atoms with Gasteiger partial charge in [0.1, 0.15) is 23.1 Å². The summed E-state index contributed by atoms with van der Waals surface area (Å²) < 4.78 is 22.8. The Kier molecular flexibility index (Phi) is 13.6. The van der Waals surface area contributed by atoms with E-state index in [9.17, 15) is 14.4 Å². The molecule has 0 spiro atoms. The normalized spacial score (nSPS) is 18.4. The zero-order valence-corrected chi connectivity index (χ0v) is 31.7. The van der Waals surface area contributed by atoms with Crippen LogP contribution in [0.5, 0.6) is 5.75 Å². The predicted octanol–water partition coefficient (Wildman–Crippen LogP) is 5.68. The smallest absolute Gasteiger partial charge is 0.410 e. The average Bonchev–Trinajstić information content (AvgIpc) is 3.66. The summed E-state index contributed by atoms with van der Waals surface area (Å²) in [4.78, 5) is 53.4. The maximum absolute atomic E-state index is 13.2. The Labute approximate surface area is 307 Å². The van der Waals surface area contributed by atoms with Crippen LogP contribution in [-0.4, -0.2) is 110 Å². The molecule has 14 nitrogen and oxygen atoms in total. The van der Waals surface area contributed by atoms with E-state index in [1.54, 1.807) is 48.4 Å². The lowest BCUT2D eigenvalue weighted by Crippen LogP contribution is -2.55. The van der Waals surface area contributed by atoms with Crippen LogP contribution in [-0.2, 0) is 19.0 Å². The lowest BCUT2D eigenvalue weighted by atomic mass is 10.0. The highest BCUT2D eigenvalue weighted by Crippen LogP contribution is 2.40. The first-order valence-corrected chi connectivity index (χ1v) is 18.8. The van der Waals surface area contributed by atoms with Gasteiger partial charge in [0, 0.05) is 44.9 Å². The van der Waals surface area contributed by atoms with Gasteiger partial charge >= 0.3 is 6.09 Å². The highest BCUT2D eigenvalue weighted by molar-refractivity contribution is 6.04. The number of anilines is 4. The third-order valence-corrected chi connectivity index (χ3v) is 9.80. The molecule has 3 aliphatic rings. The topological polar surface area (TPSA) is 148 Å². The Balaban J connectivity index is 1.02. The van der Waals surface area contributed by atoms with E-state index in [4.69, 9.17) is 23.9 Å². The summed E-state index contributed by atoms with van der Waals surface area (Å²) >= 11 is 0. The van der Waals surface area contributed by atoms with Crippen molar-refractivity contribution in [1.29, 1.82) is 0 Å². The van der Waals surface area contributed by atoms with Gasteiger partial charge in [-0.3, -0.25) is 9.59 Å². The number of nitrogens with zero attached hydrogens (tertiary/aromatic N) is 5. The van der Waals surface area contributed by atoms with Crippen LogP contribution in [0.3, 0.4) is 0 Å². The lowest BCUT2D eigenvalue weighted by Gasteiger charge is -2.43. The molecule has 2 aromatic rings. The molecule has 286 valence electrons. The number of benzene rings is 1. The summed E-state index contributed by atoms with van der Waals surface area (Å²) in [5.41, 5.74) is 1.33. The van der Waals surface area contributed by atoms with E-state index in [1.165, 1.54) is 0 Å². The fourth-order valence-corrected chi connectivity index (χ4v) is 7.04. The zero-order chi connectivity index (χ0) is 37.3. The summed E-state index contributed by atoms with van der Waals surface area (Å²) in [6.07, 6.45) is 9.80. The van der Waals surface area contributed by atoms with Gasteiger partial charge < -0.3 is 44.3 Å². The maximum atomic E-state index is 13.2. The highest BCUT2D eigenvalue weighted by Gasteiger charge is 2.41. The van der Waals surface area contributed by atoms with Gasteiger partial charge in [-0.2, -0.15) is 4.98 Å². The summed E-state index contributed by atoms with van der Waals surface area (Å²) in [5.74, 6) is 1.53. The van der Waals surface area contributed by atoms with Gasteiger partial charge in [0.25, 0.3) is 5.91 Å². The molecule has 14 heteroatoms. The number of unbranched alkanes of at least 4 members (excludes halogenated alkanes) is 1. The Morgan fingerprint density at radius 1 is 1.02 bits per heavy atom. The largest absolute Gasteiger partial charge is 0.495 e. The Hall–Kier alpha value is -4.17. The number of hydrogen-bond acceptors (Lipinski definition) is 11. The molecular weight excluding hydrogens is 666 g/mol. The van der Waals surface area contributed by atoms with Gasteiger partial charge in [-0.05, 0) is 83.9 Å². The van der Waals surface area contributed by atoms with Crippen molar-refractivity contribution in [2.75, 3.05) is 68.7 Å². The fraction of sp³-hybridized carbons (Fsp3) is 0.658. The van der Waals surface area contributed by atoms with E-state index >= 15 is 0 Å². The second kappa shape index (κ2) is 18.0. The number of hydrogen-bond donors (Lipinski definition) is 2. The third kappa shape index (κ3) is 10.0. The monoisotopic (exact) mass is 723 g/mol. The van der Waals surface area contributed by atoms with Gasteiger partial charge in [0.05, 0.1) is 38.3 Å². The number of carbonyl (C=O) groups excluding carboxylic acids is 3. The van der Waals surface area contributed by atoms with Gasteiger partial charge in [-0.15, -0.1) is 0 Å². The van der Waals surface area contributed by atoms with Crippen LogP contribution < -0.4 is 25.2 Å². The Bertz CT molecular complexity index is 1520. The molecule has 2 fully saturated rings. The molecular formula is C38H57N7O7. The molecule has 3 heterocycles. The molecule has 2 aliphatic heterocycles. The van der Waals surface area contributed by atoms with Crippen molar-refractivity contribution < 1.29 is 33.3 Å². The van der Waals surface area contributed by atoms with E-state index in [2.05, 4.69) is 20.5 Å². The summed E-state index contributed by atoms with van der Waals surface area (Å²) in [7, 11) is 3.35. The standard InChI is InChI=1S/C38H57N7O7/c1-7-30-35(47)43(5)31-25-40-36(42-33(31)45(30)27-12-8-9-13-27)41-29-15-14-26(24-32(29)49-6)34(46)39-18-10-11-21-50-22-23-51-28-16-19-44(20-17-28)37(48)52-38(2,3)4/h14-15,24-25,27-28,30H,7-13,16-23H2,1-6H3,(H,39,46)(H,40,41,42). The number of ether oxygens (including phenoxy) is 4. The number of rotatable bonds is 15. The number of likely N-dealkylation sites (tertiary alicyclic amines) is 1. The Morgan fingerprint density at radius 3 is 2.46 bits per heavy atom. The van der Waals surface area contributed by atoms with Crippen molar-refractivity contribution in [3.8, 4) is 5.75 Å². The molecule has 1 unspecified atom stereocenters. The molecule has 1 aliphatic carbocycles. The second-order valence-corrected chi connectivity index (χ2v) is 14.7.